The summed E-state index contributed by atoms with van der Waals surface area (Å²) >= 11 is 0. The largest absolute Gasteiger partial charge is 0.238 e. The molecule has 0 aliphatic heterocycles. The van der Waals surface area contributed by atoms with Crippen molar-refractivity contribution in [3.63, 3.8) is 0 Å². The van der Waals surface area contributed by atoms with E-state index < -0.39 is 6.17 Å². The molecule has 1 unspecified atom stereocenters. The molecular weight excluding hydrogens is 122 g/mol. The molecule has 0 fully saturated rings. The van der Waals surface area contributed by atoms with Gasteiger partial charge in [0.15, 0.2) is 0 Å². The summed E-state index contributed by atoms with van der Waals surface area (Å²) in [5, 5.41) is 0. The predicted octanol–water partition coefficient (Wildman–Crippen LogP) is 2.53. The monoisotopic (exact) mass is 130 g/mol. The molecule has 50 valence electrons. The molecule has 1 rings (SSSR count). The minimum absolute atomic E-state index is 0.256. The Bertz CT molecular complexity index is 168. The second-order valence-electron chi connectivity index (χ2n) is 2.17. The van der Waals surface area contributed by atoms with Gasteiger partial charge in [0.25, 0.3) is 0 Å². The lowest BCUT2D eigenvalue weighted by molar-refractivity contribution is 0.429. The maximum atomic E-state index is 12.4. The first-order chi connectivity index (χ1) is 4.20. The van der Waals surface area contributed by atoms with Crippen molar-refractivity contribution in [1.29, 1.82) is 0 Å². The number of halogens is 2. The van der Waals surface area contributed by atoms with E-state index in [4.69, 9.17) is 0 Å². The molecule has 1 aliphatic carbocycles. The maximum Gasteiger partial charge on any atom is 0.142 e. The van der Waals surface area contributed by atoms with Gasteiger partial charge in [-0.05, 0) is 18.6 Å². The Morgan fingerprint density at radius 1 is 1.67 bits per heavy atom. The molecule has 0 aromatic heterocycles. The summed E-state index contributed by atoms with van der Waals surface area (Å²) in [5.74, 6) is -0.367. The number of allylic oxidation sites excluding steroid dienone is 4. The first kappa shape index (κ1) is 6.46. The summed E-state index contributed by atoms with van der Waals surface area (Å²) in [6, 6.07) is 0. The smallest absolute Gasteiger partial charge is 0.142 e. The van der Waals surface area contributed by atoms with Gasteiger partial charge in [-0.1, -0.05) is 6.08 Å². The molecule has 0 amide bonds. The molecule has 0 saturated heterocycles. The molecule has 0 spiro atoms. The quantitative estimate of drug-likeness (QED) is 0.442. The summed E-state index contributed by atoms with van der Waals surface area (Å²) in [6.07, 6.45) is 1.64. The lowest BCUT2D eigenvalue weighted by Gasteiger charge is -2.08. The second-order valence-corrected chi connectivity index (χ2v) is 2.17. The minimum atomic E-state index is -1.20. The number of rotatable bonds is 0. The molecule has 0 bridgehead atoms. The van der Waals surface area contributed by atoms with E-state index >= 15 is 0 Å². The van der Waals surface area contributed by atoms with E-state index in [1.165, 1.54) is 0 Å². The lowest BCUT2D eigenvalue weighted by atomic mass is 10.1. The highest BCUT2D eigenvalue weighted by atomic mass is 19.1. The predicted molar refractivity (Wildman–Crippen MR) is 32.5 cm³/mol. The fraction of sp³-hybridized carbons (Fsp3) is 0.429. The standard InChI is InChI=1S/C7H8F2/c1-5-2-3-6(8)4-7(5)9/h2,4,7H,3H2,1H3. The Kier molecular flexibility index (Phi) is 1.65. The van der Waals surface area contributed by atoms with Crippen LogP contribution >= 0.6 is 0 Å². The van der Waals surface area contributed by atoms with Gasteiger partial charge in [-0.2, -0.15) is 0 Å². The zero-order chi connectivity index (χ0) is 6.85. The summed E-state index contributed by atoms with van der Waals surface area (Å²) < 4.78 is 24.6. The Morgan fingerprint density at radius 2 is 2.33 bits per heavy atom. The first-order valence-corrected chi connectivity index (χ1v) is 2.87. The van der Waals surface area contributed by atoms with Gasteiger partial charge in [-0.3, -0.25) is 0 Å². The fourth-order valence-corrected chi connectivity index (χ4v) is 0.729. The molecule has 0 aromatic carbocycles. The number of alkyl halides is 1. The van der Waals surface area contributed by atoms with Crippen LogP contribution in [0.5, 0.6) is 0 Å². The molecule has 0 nitrogen and oxygen atoms in total. The summed E-state index contributed by atoms with van der Waals surface area (Å²) in [7, 11) is 0. The van der Waals surface area contributed by atoms with E-state index in [1.807, 2.05) is 0 Å². The minimum Gasteiger partial charge on any atom is -0.238 e. The van der Waals surface area contributed by atoms with Crippen LogP contribution in [-0.2, 0) is 0 Å². The molecule has 0 radical (unpaired) electrons. The van der Waals surface area contributed by atoms with E-state index in [-0.39, 0.29) is 12.2 Å². The van der Waals surface area contributed by atoms with Crippen molar-refractivity contribution >= 4 is 0 Å². The van der Waals surface area contributed by atoms with Crippen molar-refractivity contribution in [3.8, 4) is 0 Å². The molecule has 2 heteroatoms. The molecule has 0 saturated carbocycles. The Morgan fingerprint density at radius 3 is 2.78 bits per heavy atom. The van der Waals surface area contributed by atoms with Crippen LogP contribution in [0.25, 0.3) is 0 Å². The van der Waals surface area contributed by atoms with Crippen molar-refractivity contribution in [1.82, 2.24) is 0 Å². The molecule has 0 aromatic rings. The van der Waals surface area contributed by atoms with E-state index in [9.17, 15) is 8.78 Å². The van der Waals surface area contributed by atoms with E-state index in [2.05, 4.69) is 0 Å². The van der Waals surface area contributed by atoms with Crippen LogP contribution in [-0.4, -0.2) is 6.17 Å². The van der Waals surface area contributed by atoms with Crippen molar-refractivity contribution in [3.05, 3.63) is 23.6 Å². The topological polar surface area (TPSA) is 0 Å². The second kappa shape index (κ2) is 2.29. The highest BCUT2D eigenvalue weighted by Crippen LogP contribution is 2.20. The highest BCUT2D eigenvalue weighted by molar-refractivity contribution is 5.22. The molecule has 0 N–H and O–H groups in total. The van der Waals surface area contributed by atoms with Crippen molar-refractivity contribution in [2.24, 2.45) is 0 Å². The van der Waals surface area contributed by atoms with Gasteiger partial charge in [0.2, 0.25) is 0 Å². The number of hydrogen-bond donors (Lipinski definition) is 0. The van der Waals surface area contributed by atoms with Crippen molar-refractivity contribution in [2.45, 2.75) is 19.5 Å². The maximum absolute atomic E-state index is 12.4. The zero-order valence-electron chi connectivity index (χ0n) is 5.20. The fourth-order valence-electron chi connectivity index (χ4n) is 0.729. The molecule has 1 atom stereocenters. The van der Waals surface area contributed by atoms with Gasteiger partial charge in [0.05, 0.1) is 0 Å². The van der Waals surface area contributed by atoms with Gasteiger partial charge in [0.1, 0.15) is 12.0 Å². The van der Waals surface area contributed by atoms with Gasteiger partial charge in [-0.25, -0.2) is 8.78 Å². The summed E-state index contributed by atoms with van der Waals surface area (Å²) in [4.78, 5) is 0. The normalized spacial score (nSPS) is 27.2. The van der Waals surface area contributed by atoms with Crippen LogP contribution in [0.3, 0.4) is 0 Å². The van der Waals surface area contributed by atoms with Crippen LogP contribution in [0.1, 0.15) is 13.3 Å². The van der Waals surface area contributed by atoms with Crippen LogP contribution in [0, 0.1) is 0 Å². The Hall–Kier alpha value is -0.660. The number of hydrogen-bond acceptors (Lipinski definition) is 0. The molecule has 1 aliphatic rings. The Labute approximate surface area is 52.9 Å². The summed E-state index contributed by atoms with van der Waals surface area (Å²) in [5.41, 5.74) is 0.608. The highest BCUT2D eigenvalue weighted by Gasteiger charge is 2.11. The van der Waals surface area contributed by atoms with Gasteiger partial charge in [-0.15, -0.1) is 0 Å². The SMILES string of the molecule is CC1=CCC(F)=CC1F. The third-order valence-electron chi connectivity index (χ3n) is 1.38. The van der Waals surface area contributed by atoms with Crippen molar-refractivity contribution in [2.75, 3.05) is 0 Å². The van der Waals surface area contributed by atoms with Crippen molar-refractivity contribution < 1.29 is 8.78 Å². The van der Waals surface area contributed by atoms with Gasteiger partial charge in [0, 0.05) is 6.42 Å². The van der Waals surface area contributed by atoms with E-state index in [0.717, 1.165) is 6.08 Å². The molecule has 0 heterocycles. The van der Waals surface area contributed by atoms with Gasteiger partial charge >= 0.3 is 0 Å². The van der Waals surface area contributed by atoms with Gasteiger partial charge < -0.3 is 0 Å². The third kappa shape index (κ3) is 1.37. The molecule has 9 heavy (non-hydrogen) atoms. The summed E-state index contributed by atoms with van der Waals surface area (Å²) in [6.45, 7) is 1.66. The average Bonchev–Trinajstić information content (AvgIpc) is 1.80. The van der Waals surface area contributed by atoms with Crippen LogP contribution in [0.4, 0.5) is 8.78 Å². The lowest BCUT2D eigenvalue weighted by Crippen LogP contribution is -2.01. The van der Waals surface area contributed by atoms with Crippen LogP contribution in [0.15, 0.2) is 23.6 Å². The third-order valence-corrected chi connectivity index (χ3v) is 1.38. The van der Waals surface area contributed by atoms with Crippen LogP contribution < -0.4 is 0 Å². The van der Waals surface area contributed by atoms with E-state index in [0.29, 0.717) is 5.57 Å². The average molecular weight is 130 g/mol. The molecular formula is C7H8F2. The van der Waals surface area contributed by atoms with Crippen LogP contribution in [0.2, 0.25) is 0 Å². The zero-order valence-corrected chi connectivity index (χ0v) is 5.20. The van der Waals surface area contributed by atoms with E-state index in [1.54, 1.807) is 13.0 Å². The Balaban J connectivity index is 2.70. The first-order valence-electron chi connectivity index (χ1n) is 2.87.